The molecule has 9 nitrogen and oxygen atoms in total. The van der Waals surface area contributed by atoms with E-state index < -0.39 is 20.0 Å². The molecule has 0 saturated heterocycles. The molecule has 3 unspecified atom stereocenters. The third-order valence-corrected chi connectivity index (χ3v) is 14.7. The first kappa shape index (κ1) is 75.7. The van der Waals surface area contributed by atoms with Crippen LogP contribution < -0.4 is 5.32 Å². The van der Waals surface area contributed by atoms with Gasteiger partial charge in [0.25, 0.3) is 0 Å². The van der Waals surface area contributed by atoms with Gasteiger partial charge in [0.05, 0.1) is 33.8 Å². The number of ether oxygens (including phenoxy) is 1. The second kappa shape index (κ2) is 57.9. The summed E-state index contributed by atoms with van der Waals surface area (Å²) in [6, 6.07) is -0.868. The summed E-state index contributed by atoms with van der Waals surface area (Å²) < 4.78 is 30.7. The lowest BCUT2D eigenvalue weighted by molar-refractivity contribution is -0.870. The van der Waals surface area contributed by atoms with Crippen molar-refractivity contribution in [3.05, 3.63) is 109 Å². The van der Waals surface area contributed by atoms with Gasteiger partial charge in [0.2, 0.25) is 5.91 Å². The number of rotatable bonds is 57. The Morgan fingerprint density at radius 3 is 1.32 bits per heavy atom. The number of phosphoric ester groups is 1. The van der Waals surface area contributed by atoms with Crippen LogP contribution in [0, 0.1) is 0 Å². The minimum absolute atomic E-state index is 0.0297. The highest BCUT2D eigenvalue weighted by Gasteiger charge is 2.30. The van der Waals surface area contributed by atoms with Gasteiger partial charge in [-0.15, -0.1) is 0 Å². The van der Waals surface area contributed by atoms with Gasteiger partial charge in [-0.3, -0.25) is 18.6 Å². The fourth-order valence-corrected chi connectivity index (χ4v) is 9.49. The zero-order valence-electron chi connectivity index (χ0n) is 51.8. The van der Waals surface area contributed by atoms with Crippen molar-refractivity contribution in [2.75, 3.05) is 40.9 Å². The molecule has 79 heavy (non-hydrogen) atoms. The van der Waals surface area contributed by atoms with Gasteiger partial charge in [0, 0.05) is 12.8 Å². The van der Waals surface area contributed by atoms with Crippen LogP contribution in [0.25, 0.3) is 0 Å². The van der Waals surface area contributed by atoms with Gasteiger partial charge in [-0.1, -0.05) is 252 Å². The third-order valence-electron chi connectivity index (χ3n) is 13.7. The molecule has 0 aliphatic heterocycles. The Hall–Kier alpha value is -3.33. The number of unbranched alkanes of at least 4 members (excludes halogenated alkanes) is 26. The summed E-state index contributed by atoms with van der Waals surface area (Å²) in [4.78, 5) is 37.8. The summed E-state index contributed by atoms with van der Waals surface area (Å²) in [5.74, 6) is -0.539. The number of quaternary nitrogens is 1. The van der Waals surface area contributed by atoms with Gasteiger partial charge in [0.1, 0.15) is 19.3 Å². The first-order valence-electron chi connectivity index (χ1n) is 32.2. The number of phosphoric acid groups is 1. The number of nitrogens with one attached hydrogen (secondary N) is 1. The fraction of sp³-hybridized carbons (Fsp3) is 0.710. The number of nitrogens with zero attached hydrogens (tertiary/aromatic N) is 1. The quantitative estimate of drug-likeness (QED) is 0.0156. The van der Waals surface area contributed by atoms with Crippen LogP contribution in [0.5, 0.6) is 0 Å². The molecule has 0 aliphatic carbocycles. The normalized spacial score (nSPS) is 14.4. The monoisotopic (exact) mass is 1120 g/mol. The first-order chi connectivity index (χ1) is 38.4. The summed E-state index contributed by atoms with van der Waals surface area (Å²) in [5, 5.41) is 3.05. The average molecular weight is 1120 g/mol. The van der Waals surface area contributed by atoms with E-state index in [0.29, 0.717) is 17.4 Å². The molecule has 1 amide bonds. The molecule has 0 rings (SSSR count). The second-order valence-corrected chi connectivity index (χ2v) is 24.0. The maximum Gasteiger partial charge on any atom is 0.472 e. The molecule has 3 atom stereocenters. The lowest BCUT2D eigenvalue weighted by atomic mass is 10.0. The number of amides is 1. The van der Waals surface area contributed by atoms with Crippen molar-refractivity contribution >= 4 is 19.7 Å². The van der Waals surface area contributed by atoms with Gasteiger partial charge >= 0.3 is 13.8 Å². The lowest BCUT2D eigenvalue weighted by Gasteiger charge is -2.27. The minimum atomic E-state index is -4.46. The van der Waals surface area contributed by atoms with Crippen molar-refractivity contribution in [1.29, 1.82) is 0 Å². The molecule has 0 spiro atoms. The van der Waals surface area contributed by atoms with Crippen LogP contribution >= 0.6 is 7.82 Å². The zero-order chi connectivity index (χ0) is 57.9. The summed E-state index contributed by atoms with van der Waals surface area (Å²) in [6.45, 7) is 6.85. The summed E-state index contributed by atoms with van der Waals surface area (Å²) in [5.41, 5.74) is 0. The van der Waals surface area contributed by atoms with E-state index in [9.17, 15) is 19.0 Å². The molecule has 0 heterocycles. The molecule has 0 bridgehead atoms. The summed E-state index contributed by atoms with van der Waals surface area (Å²) >= 11 is 0. The predicted octanol–water partition coefficient (Wildman–Crippen LogP) is 20.1. The third kappa shape index (κ3) is 59.1. The largest absolute Gasteiger partial charge is 0.472 e. The van der Waals surface area contributed by atoms with Crippen LogP contribution in [-0.2, 0) is 27.9 Å². The van der Waals surface area contributed by atoms with Crippen molar-refractivity contribution in [1.82, 2.24) is 5.32 Å². The molecule has 454 valence electrons. The lowest BCUT2D eigenvalue weighted by Crippen LogP contribution is -2.47. The molecular formula is C69H122N2O7P+. The Morgan fingerprint density at radius 2 is 0.848 bits per heavy atom. The number of likely N-dealkylation sites (N-methyl/N-ethyl adjacent to an activating group) is 1. The van der Waals surface area contributed by atoms with Crippen molar-refractivity contribution in [3.63, 3.8) is 0 Å². The second-order valence-electron chi connectivity index (χ2n) is 22.6. The van der Waals surface area contributed by atoms with Crippen LogP contribution in [0.1, 0.15) is 265 Å². The van der Waals surface area contributed by atoms with Gasteiger partial charge in [-0.25, -0.2) is 4.57 Å². The number of carbonyl (C=O) groups excluding carboxylic acids is 2. The Morgan fingerprint density at radius 1 is 0.468 bits per heavy atom. The average Bonchev–Trinajstić information content (AvgIpc) is 3.41. The predicted molar refractivity (Wildman–Crippen MR) is 341 cm³/mol. The van der Waals surface area contributed by atoms with E-state index in [-0.39, 0.29) is 31.5 Å². The maximum atomic E-state index is 13.6. The van der Waals surface area contributed by atoms with Gasteiger partial charge in [0.15, 0.2) is 0 Å². The molecule has 0 aromatic rings. The van der Waals surface area contributed by atoms with Crippen LogP contribution in [0.15, 0.2) is 109 Å². The van der Waals surface area contributed by atoms with Gasteiger partial charge in [-0.2, -0.15) is 0 Å². The van der Waals surface area contributed by atoms with E-state index in [4.69, 9.17) is 13.8 Å². The summed E-state index contributed by atoms with van der Waals surface area (Å²) in [7, 11) is 1.47. The maximum absolute atomic E-state index is 13.6. The Balaban J connectivity index is 5.25. The molecule has 10 heteroatoms. The van der Waals surface area contributed by atoms with E-state index >= 15 is 0 Å². The topological polar surface area (TPSA) is 111 Å². The molecule has 0 radical (unpaired) electrons. The molecular weight excluding hydrogens is 1000 g/mol. The van der Waals surface area contributed by atoms with E-state index in [1.54, 1.807) is 0 Å². The highest BCUT2D eigenvalue weighted by molar-refractivity contribution is 7.47. The molecule has 0 saturated carbocycles. The van der Waals surface area contributed by atoms with E-state index in [1.165, 1.54) is 89.9 Å². The number of hydrogen-bond acceptors (Lipinski definition) is 6. The smallest absolute Gasteiger partial charge is 0.456 e. The molecule has 2 N–H and O–H groups in total. The van der Waals surface area contributed by atoms with Crippen molar-refractivity contribution in [2.24, 2.45) is 0 Å². The van der Waals surface area contributed by atoms with Crippen molar-refractivity contribution < 1.29 is 37.3 Å². The number of hydrogen-bond donors (Lipinski definition) is 2. The first-order valence-corrected chi connectivity index (χ1v) is 33.7. The molecule has 0 aromatic carbocycles. The van der Waals surface area contributed by atoms with Crippen molar-refractivity contribution in [3.8, 4) is 0 Å². The number of allylic oxidation sites excluding steroid dienone is 17. The number of esters is 1. The number of carbonyl (C=O) groups is 2. The fourth-order valence-electron chi connectivity index (χ4n) is 8.76. The van der Waals surface area contributed by atoms with E-state index in [1.807, 2.05) is 33.3 Å². The van der Waals surface area contributed by atoms with E-state index in [0.717, 1.165) is 141 Å². The highest BCUT2D eigenvalue weighted by atomic mass is 31.2. The highest BCUT2D eigenvalue weighted by Crippen LogP contribution is 2.43. The molecule has 0 aliphatic rings. The van der Waals surface area contributed by atoms with Crippen LogP contribution in [0.3, 0.4) is 0 Å². The zero-order valence-corrected chi connectivity index (χ0v) is 52.7. The van der Waals surface area contributed by atoms with Crippen LogP contribution in [-0.4, -0.2) is 74.3 Å². The van der Waals surface area contributed by atoms with Crippen molar-refractivity contribution in [2.45, 2.75) is 277 Å². The Kier molecular flexibility index (Phi) is 55.4. The van der Waals surface area contributed by atoms with Crippen LogP contribution in [0.4, 0.5) is 0 Å². The SMILES string of the molecule is CC/C=C\C/C=C\C/C=C\C/C=C\C/C=C\C/C=C\CCCCCCCCC(=O)NC(COP(=O)(O)OCC[N+](C)(C)C)C(/C=C\CCCCCCCCCCCCC)OC(=O)CCCCCCCC/C=C/C=C/CCCCC. The molecule has 0 fully saturated rings. The summed E-state index contributed by atoms with van der Waals surface area (Å²) in [6.07, 6.45) is 79.4. The Bertz CT molecular complexity index is 1720. The molecule has 0 aromatic heterocycles. The van der Waals surface area contributed by atoms with Gasteiger partial charge < -0.3 is 19.4 Å². The van der Waals surface area contributed by atoms with Gasteiger partial charge in [-0.05, 0) is 109 Å². The minimum Gasteiger partial charge on any atom is -0.456 e. The standard InChI is InChI=1S/C69H121N2O7P/c1-7-10-13-16-19-22-25-28-30-31-32-33-34-35-36-37-38-39-41-43-46-49-52-55-58-61-68(72)70-66(65-77-79(74,75)76-64-63-71(4,5)6)67(60-57-54-51-48-45-42-27-24-21-18-15-12-9-3)78-69(73)62-59-56-53-50-47-44-40-29-26-23-20-17-14-11-8-2/h10,13,19-20,22-23,26,28-30,32-33,35-36,38-39,57,60,66-67H,7-9,11-12,14-18,21,24-25,27,31,34,37,40-56,58-59,61-65H2,1-6H3,(H-,70,72,74,75)/p+1/b13-10-,22-19-,23-20+,29-26+,30-28-,33-32-,36-35-,39-38-,60-57-. The Labute approximate surface area is 487 Å². The van der Waals surface area contributed by atoms with E-state index in [2.05, 4.69) is 123 Å². The van der Waals surface area contributed by atoms with Crippen LogP contribution in [0.2, 0.25) is 0 Å².